The minimum absolute atomic E-state index is 0.0880. The van der Waals surface area contributed by atoms with Gasteiger partial charge in [-0.1, -0.05) is 27.7 Å². The first-order valence-electron chi connectivity index (χ1n) is 15.8. The van der Waals surface area contributed by atoms with Crippen LogP contribution in [0.15, 0.2) is 48.7 Å². The van der Waals surface area contributed by atoms with Crippen molar-refractivity contribution >= 4 is 29.2 Å². The van der Waals surface area contributed by atoms with Crippen LogP contribution in [-0.4, -0.2) is 92.6 Å². The molecular weight excluding hydrogens is 591 g/mol. The number of anilines is 4. The Morgan fingerprint density at radius 1 is 0.978 bits per heavy atom. The quantitative estimate of drug-likeness (QED) is 0.201. The maximum absolute atomic E-state index is 15.0. The number of amides is 1. The second-order valence-electron chi connectivity index (χ2n) is 12.1. The maximum Gasteiger partial charge on any atom is 0.420 e. The lowest BCUT2D eigenvalue weighted by Gasteiger charge is -2.32. The van der Waals surface area contributed by atoms with Crippen molar-refractivity contribution in [2.75, 3.05) is 70.8 Å². The van der Waals surface area contributed by atoms with E-state index in [1.807, 2.05) is 27.7 Å². The molecule has 0 radical (unpaired) electrons. The number of nitrogens with zero attached hydrogens (tertiary/aromatic N) is 5. The number of benzene rings is 2. The molecule has 1 aliphatic rings. The summed E-state index contributed by atoms with van der Waals surface area (Å²) in [7, 11) is 5.19. The van der Waals surface area contributed by atoms with E-state index in [1.54, 1.807) is 43.5 Å². The van der Waals surface area contributed by atoms with Gasteiger partial charge in [0.05, 0.1) is 26.5 Å². The van der Waals surface area contributed by atoms with Gasteiger partial charge in [0, 0.05) is 62.8 Å². The van der Waals surface area contributed by atoms with Crippen LogP contribution in [-0.2, 0) is 4.74 Å². The molecule has 46 heavy (non-hydrogen) atoms. The highest BCUT2D eigenvalue weighted by atomic mass is 19.1. The van der Waals surface area contributed by atoms with E-state index in [4.69, 9.17) is 18.9 Å². The number of methoxy groups -OCH3 is 2. The first kappa shape index (κ1) is 34.7. The minimum atomic E-state index is -0.624. The van der Waals surface area contributed by atoms with Crippen LogP contribution in [0.4, 0.5) is 32.3 Å². The molecule has 1 amide bonds. The van der Waals surface area contributed by atoms with Gasteiger partial charge in [0.1, 0.15) is 23.4 Å². The lowest BCUT2D eigenvalue weighted by molar-refractivity contribution is 0.0484. The number of aromatic nitrogens is 2. The molecule has 1 aliphatic heterocycles. The summed E-state index contributed by atoms with van der Waals surface area (Å²) in [5, 5.41) is 3.04. The van der Waals surface area contributed by atoms with Crippen LogP contribution in [0.1, 0.15) is 34.1 Å². The lowest BCUT2D eigenvalue weighted by Crippen LogP contribution is -2.44. The molecule has 11 nitrogen and oxygen atoms in total. The van der Waals surface area contributed by atoms with Gasteiger partial charge in [-0.2, -0.15) is 4.98 Å². The third-order valence-corrected chi connectivity index (χ3v) is 7.89. The lowest BCUT2D eigenvalue weighted by atomic mass is 9.96. The molecule has 4 rings (SSSR count). The number of carbonyl (C=O) groups is 1. The number of rotatable bonds is 14. The van der Waals surface area contributed by atoms with Crippen LogP contribution >= 0.6 is 0 Å². The summed E-state index contributed by atoms with van der Waals surface area (Å²) in [5.41, 5.74) is 0.833. The zero-order valence-corrected chi connectivity index (χ0v) is 28.0. The third-order valence-electron chi connectivity index (χ3n) is 7.89. The molecule has 0 saturated carbocycles. The maximum atomic E-state index is 15.0. The largest absolute Gasteiger partial charge is 0.497 e. The third kappa shape index (κ3) is 9.20. The average Bonchev–Trinajstić information content (AvgIpc) is 3.03. The highest BCUT2D eigenvalue weighted by Crippen LogP contribution is 2.37. The van der Waals surface area contributed by atoms with Crippen molar-refractivity contribution in [3.63, 3.8) is 0 Å². The number of carbonyl (C=O) groups excluding carboxylic acids is 1. The number of halogens is 1. The Bertz CT molecular complexity index is 1420. The van der Waals surface area contributed by atoms with E-state index in [1.165, 1.54) is 24.3 Å². The van der Waals surface area contributed by atoms with Crippen LogP contribution in [0.25, 0.3) is 0 Å². The van der Waals surface area contributed by atoms with E-state index in [0.29, 0.717) is 29.5 Å². The van der Waals surface area contributed by atoms with Crippen molar-refractivity contribution in [3.05, 3.63) is 54.5 Å². The molecule has 0 bridgehead atoms. The number of nitrogens with one attached hydrogen (secondary N) is 1. The van der Waals surface area contributed by atoms with E-state index in [0.717, 1.165) is 39.1 Å². The molecule has 1 saturated heterocycles. The van der Waals surface area contributed by atoms with E-state index < -0.39 is 11.9 Å². The van der Waals surface area contributed by atoms with Gasteiger partial charge in [0.15, 0.2) is 11.6 Å². The van der Waals surface area contributed by atoms with Gasteiger partial charge in [-0.25, -0.2) is 19.1 Å². The Balaban J connectivity index is 1.50. The Kier molecular flexibility index (Phi) is 12.4. The van der Waals surface area contributed by atoms with Crippen LogP contribution in [0, 0.1) is 17.7 Å². The molecule has 250 valence electrons. The topological polar surface area (TPSA) is 102 Å². The van der Waals surface area contributed by atoms with Gasteiger partial charge in [-0.05, 0) is 49.6 Å². The van der Waals surface area contributed by atoms with Gasteiger partial charge < -0.3 is 34.1 Å². The Labute approximate surface area is 271 Å². The van der Waals surface area contributed by atoms with E-state index in [2.05, 4.69) is 32.1 Å². The zero-order chi connectivity index (χ0) is 33.2. The Morgan fingerprint density at radius 2 is 1.72 bits per heavy atom. The molecule has 2 aromatic carbocycles. The SMILES string of the molecule is COc1ccc(N(C(=O)OC(C(C)C)C(C)C)c2ccnc(Nc3ccc(OCCCN4CCN(C)CC4)c(F)c3)n2)c(OC)c1. The second kappa shape index (κ2) is 16.4. The number of hydrogen-bond donors (Lipinski definition) is 1. The van der Waals surface area contributed by atoms with Crippen LogP contribution in [0.3, 0.4) is 0 Å². The Morgan fingerprint density at radius 3 is 2.37 bits per heavy atom. The fourth-order valence-electron chi connectivity index (χ4n) is 5.40. The van der Waals surface area contributed by atoms with Crippen molar-refractivity contribution in [1.29, 1.82) is 0 Å². The summed E-state index contributed by atoms with van der Waals surface area (Å²) in [6.45, 7) is 13.6. The first-order chi connectivity index (χ1) is 22.1. The van der Waals surface area contributed by atoms with Gasteiger partial charge in [-0.15, -0.1) is 0 Å². The van der Waals surface area contributed by atoms with Crippen molar-refractivity contribution in [2.24, 2.45) is 11.8 Å². The highest BCUT2D eigenvalue weighted by Gasteiger charge is 2.30. The predicted octanol–water partition coefficient (Wildman–Crippen LogP) is 6.35. The van der Waals surface area contributed by atoms with Crippen molar-refractivity contribution in [1.82, 2.24) is 19.8 Å². The molecule has 3 aromatic rings. The number of hydrogen-bond acceptors (Lipinski definition) is 10. The van der Waals surface area contributed by atoms with Crippen molar-refractivity contribution in [2.45, 2.75) is 40.2 Å². The summed E-state index contributed by atoms with van der Waals surface area (Å²) in [4.78, 5) is 28.8. The van der Waals surface area contributed by atoms with E-state index in [-0.39, 0.29) is 35.5 Å². The predicted molar refractivity (Wildman–Crippen MR) is 177 cm³/mol. The number of likely N-dealkylation sites (N-methyl/N-ethyl adjacent to an activating group) is 1. The summed E-state index contributed by atoms with van der Waals surface area (Å²) in [5.74, 6) is 1.20. The fourth-order valence-corrected chi connectivity index (χ4v) is 5.40. The van der Waals surface area contributed by atoms with Gasteiger partial charge >= 0.3 is 6.09 Å². The summed E-state index contributed by atoms with van der Waals surface area (Å²) >= 11 is 0. The molecule has 1 fully saturated rings. The summed E-state index contributed by atoms with van der Waals surface area (Å²) < 4.78 is 37.7. The van der Waals surface area contributed by atoms with E-state index in [9.17, 15) is 9.18 Å². The second-order valence-corrected chi connectivity index (χ2v) is 12.1. The molecule has 0 atom stereocenters. The van der Waals surface area contributed by atoms with Crippen molar-refractivity contribution < 1.29 is 28.1 Å². The standard InChI is InChI=1S/C34H47FN6O5/c1-23(2)32(24(3)4)46-34(42)41(28-11-10-26(43-6)22-30(28)44-7)31-13-14-36-33(38-31)37-25-9-12-29(27(35)21-25)45-20-8-15-40-18-16-39(5)17-19-40/h9-14,21-24,32H,8,15-20H2,1-7H3,(H,36,37,38). The Hall–Kier alpha value is -4.16. The van der Waals surface area contributed by atoms with E-state index >= 15 is 0 Å². The fraction of sp³-hybridized carbons (Fsp3) is 0.500. The minimum Gasteiger partial charge on any atom is -0.497 e. The van der Waals surface area contributed by atoms with Crippen LogP contribution < -0.4 is 24.4 Å². The molecule has 1 aromatic heterocycles. The molecule has 12 heteroatoms. The number of piperazine rings is 1. The monoisotopic (exact) mass is 638 g/mol. The molecular formula is C34H47FN6O5. The highest BCUT2D eigenvalue weighted by molar-refractivity contribution is 5.97. The molecule has 0 spiro atoms. The van der Waals surface area contributed by atoms with Crippen LogP contribution in [0.5, 0.6) is 17.2 Å². The number of ether oxygens (including phenoxy) is 4. The smallest absolute Gasteiger partial charge is 0.420 e. The zero-order valence-electron chi connectivity index (χ0n) is 28.0. The van der Waals surface area contributed by atoms with Gasteiger partial charge in [0.25, 0.3) is 0 Å². The molecule has 0 aliphatic carbocycles. The van der Waals surface area contributed by atoms with Gasteiger partial charge in [-0.3, -0.25) is 0 Å². The molecule has 1 N–H and O–H groups in total. The summed E-state index contributed by atoms with van der Waals surface area (Å²) in [6, 6.07) is 11.3. The molecule has 2 heterocycles. The average molecular weight is 639 g/mol. The summed E-state index contributed by atoms with van der Waals surface area (Å²) in [6.07, 6.45) is 1.36. The van der Waals surface area contributed by atoms with Gasteiger partial charge in [0.2, 0.25) is 5.95 Å². The molecule has 0 unspecified atom stereocenters. The first-order valence-corrected chi connectivity index (χ1v) is 15.8. The van der Waals surface area contributed by atoms with Crippen molar-refractivity contribution in [3.8, 4) is 17.2 Å². The normalized spacial score (nSPS) is 14.1. The van der Waals surface area contributed by atoms with Crippen LogP contribution in [0.2, 0.25) is 0 Å².